The van der Waals surface area contributed by atoms with Gasteiger partial charge in [0.2, 0.25) is 0 Å². The average Bonchev–Trinajstić information content (AvgIpc) is 2.70. The van der Waals surface area contributed by atoms with Crippen LogP contribution in [0, 0.1) is 0 Å². The molecule has 3 aromatic rings. The van der Waals surface area contributed by atoms with Gasteiger partial charge in [-0.1, -0.05) is 38.1 Å². The van der Waals surface area contributed by atoms with Gasteiger partial charge in [-0.25, -0.2) is 0 Å². The number of anilines is 3. The summed E-state index contributed by atoms with van der Waals surface area (Å²) in [5, 5.41) is 6.18. The monoisotopic (exact) mass is 375 g/mol. The molecule has 0 atom stereocenters. The summed E-state index contributed by atoms with van der Waals surface area (Å²) in [4.78, 5) is 16.8. The smallest absolute Gasteiger partial charge is 0.257 e. The van der Waals surface area contributed by atoms with Crippen LogP contribution in [0.5, 0.6) is 5.75 Å². The molecular formula is C23H25N3O2. The standard InChI is InChI=1S/C23H25N3O2/c1-4-28-22-8-6-5-7-21(22)25-20-13-18(14-24-15-20)23(27)26-19-11-9-17(10-12-19)16(2)3/h5-16,25H,4H2,1-3H3,(H,26,27). The molecule has 1 heterocycles. The van der Waals surface area contributed by atoms with Crippen molar-refractivity contribution in [1.29, 1.82) is 0 Å². The van der Waals surface area contributed by atoms with Gasteiger partial charge in [0.1, 0.15) is 5.75 Å². The summed E-state index contributed by atoms with van der Waals surface area (Å²) >= 11 is 0. The number of nitrogens with one attached hydrogen (secondary N) is 2. The Kier molecular flexibility index (Phi) is 6.27. The lowest BCUT2D eigenvalue weighted by atomic mass is 10.0. The third-order valence-electron chi connectivity index (χ3n) is 4.30. The van der Waals surface area contributed by atoms with E-state index in [0.29, 0.717) is 18.1 Å². The lowest BCUT2D eigenvalue weighted by Crippen LogP contribution is -2.12. The van der Waals surface area contributed by atoms with E-state index in [9.17, 15) is 4.79 Å². The number of pyridine rings is 1. The fourth-order valence-electron chi connectivity index (χ4n) is 2.79. The van der Waals surface area contributed by atoms with Crippen LogP contribution in [0.25, 0.3) is 0 Å². The zero-order valence-corrected chi connectivity index (χ0v) is 16.4. The summed E-state index contributed by atoms with van der Waals surface area (Å²) < 4.78 is 5.63. The zero-order chi connectivity index (χ0) is 19.9. The molecule has 2 aromatic carbocycles. The van der Waals surface area contributed by atoms with Crippen molar-refractivity contribution >= 4 is 23.0 Å². The average molecular weight is 375 g/mol. The molecule has 1 amide bonds. The summed E-state index contributed by atoms with van der Waals surface area (Å²) in [7, 11) is 0. The van der Waals surface area contributed by atoms with Gasteiger partial charge in [-0.3, -0.25) is 9.78 Å². The molecule has 0 aliphatic rings. The van der Waals surface area contributed by atoms with Crippen molar-refractivity contribution in [3.05, 3.63) is 78.1 Å². The van der Waals surface area contributed by atoms with Crippen LogP contribution in [0.15, 0.2) is 67.0 Å². The van der Waals surface area contributed by atoms with Crippen molar-refractivity contribution in [3.8, 4) is 5.75 Å². The van der Waals surface area contributed by atoms with Crippen molar-refractivity contribution in [2.45, 2.75) is 26.7 Å². The minimum absolute atomic E-state index is 0.202. The summed E-state index contributed by atoms with van der Waals surface area (Å²) in [6.07, 6.45) is 3.23. The second-order valence-corrected chi connectivity index (χ2v) is 6.75. The van der Waals surface area contributed by atoms with E-state index in [1.807, 2.05) is 55.5 Å². The van der Waals surface area contributed by atoms with E-state index < -0.39 is 0 Å². The normalized spacial score (nSPS) is 10.6. The fourth-order valence-corrected chi connectivity index (χ4v) is 2.79. The van der Waals surface area contributed by atoms with E-state index in [1.165, 1.54) is 5.56 Å². The Hall–Kier alpha value is -3.34. The Morgan fingerprint density at radius 2 is 1.79 bits per heavy atom. The molecule has 0 radical (unpaired) electrons. The Bertz CT molecular complexity index is 937. The van der Waals surface area contributed by atoms with Gasteiger partial charge in [0, 0.05) is 11.9 Å². The first-order valence-electron chi connectivity index (χ1n) is 9.42. The van der Waals surface area contributed by atoms with Gasteiger partial charge < -0.3 is 15.4 Å². The second-order valence-electron chi connectivity index (χ2n) is 6.75. The molecule has 28 heavy (non-hydrogen) atoms. The van der Waals surface area contributed by atoms with Gasteiger partial charge in [-0.15, -0.1) is 0 Å². The maximum absolute atomic E-state index is 12.6. The van der Waals surface area contributed by atoms with Crippen LogP contribution in [0.4, 0.5) is 17.1 Å². The molecule has 1 aromatic heterocycles. The minimum atomic E-state index is -0.202. The lowest BCUT2D eigenvalue weighted by molar-refractivity contribution is 0.102. The van der Waals surface area contributed by atoms with E-state index in [-0.39, 0.29) is 5.91 Å². The topological polar surface area (TPSA) is 63.2 Å². The van der Waals surface area contributed by atoms with Crippen LogP contribution in [0.3, 0.4) is 0 Å². The van der Waals surface area contributed by atoms with Crippen molar-refractivity contribution < 1.29 is 9.53 Å². The highest BCUT2D eigenvalue weighted by Gasteiger charge is 2.10. The number of amides is 1. The van der Waals surface area contributed by atoms with E-state index in [1.54, 1.807) is 18.5 Å². The summed E-state index contributed by atoms with van der Waals surface area (Å²) in [6, 6.07) is 17.3. The number of nitrogens with zero attached hydrogens (tertiary/aromatic N) is 1. The number of carbonyl (C=O) groups is 1. The Morgan fingerprint density at radius 1 is 1.04 bits per heavy atom. The molecule has 3 rings (SSSR count). The number of aromatic nitrogens is 1. The van der Waals surface area contributed by atoms with Crippen LogP contribution >= 0.6 is 0 Å². The molecule has 0 saturated carbocycles. The van der Waals surface area contributed by atoms with E-state index in [4.69, 9.17) is 4.74 Å². The van der Waals surface area contributed by atoms with Crippen molar-refractivity contribution in [3.63, 3.8) is 0 Å². The first-order chi connectivity index (χ1) is 13.6. The fraction of sp³-hybridized carbons (Fsp3) is 0.217. The van der Waals surface area contributed by atoms with Crippen LogP contribution in [0.1, 0.15) is 42.6 Å². The Morgan fingerprint density at radius 3 is 2.50 bits per heavy atom. The predicted octanol–water partition coefficient (Wildman–Crippen LogP) is 5.60. The summed E-state index contributed by atoms with van der Waals surface area (Å²) in [5.74, 6) is 1.01. The Balaban J connectivity index is 1.73. The molecule has 2 N–H and O–H groups in total. The van der Waals surface area contributed by atoms with E-state index in [0.717, 1.165) is 22.8 Å². The first-order valence-corrected chi connectivity index (χ1v) is 9.42. The van der Waals surface area contributed by atoms with Gasteiger partial charge in [0.05, 0.1) is 29.7 Å². The number of para-hydroxylation sites is 2. The van der Waals surface area contributed by atoms with Crippen molar-refractivity contribution in [2.24, 2.45) is 0 Å². The SMILES string of the molecule is CCOc1ccccc1Nc1cncc(C(=O)Nc2ccc(C(C)C)cc2)c1. The molecule has 0 unspecified atom stereocenters. The number of rotatable bonds is 7. The predicted molar refractivity (Wildman–Crippen MR) is 114 cm³/mol. The highest BCUT2D eigenvalue weighted by molar-refractivity contribution is 6.04. The number of hydrogen-bond acceptors (Lipinski definition) is 4. The number of ether oxygens (including phenoxy) is 1. The minimum Gasteiger partial charge on any atom is -0.492 e. The maximum Gasteiger partial charge on any atom is 0.257 e. The van der Waals surface area contributed by atoms with Crippen LogP contribution in [-0.4, -0.2) is 17.5 Å². The second kappa shape index (κ2) is 9.04. The van der Waals surface area contributed by atoms with Crippen LogP contribution in [0.2, 0.25) is 0 Å². The van der Waals surface area contributed by atoms with Gasteiger partial charge in [0.15, 0.2) is 0 Å². The Labute approximate surface area is 165 Å². The zero-order valence-electron chi connectivity index (χ0n) is 16.4. The summed E-state index contributed by atoms with van der Waals surface area (Å²) in [5.41, 5.74) is 4.02. The molecule has 0 spiro atoms. The molecule has 0 aliphatic carbocycles. The molecule has 5 nitrogen and oxygen atoms in total. The van der Waals surface area contributed by atoms with Gasteiger partial charge in [-0.05, 0) is 48.7 Å². The van der Waals surface area contributed by atoms with Gasteiger partial charge >= 0.3 is 0 Å². The molecule has 144 valence electrons. The molecule has 0 fully saturated rings. The highest BCUT2D eigenvalue weighted by Crippen LogP contribution is 2.27. The molecule has 0 saturated heterocycles. The highest BCUT2D eigenvalue weighted by atomic mass is 16.5. The van der Waals surface area contributed by atoms with Gasteiger partial charge in [0.25, 0.3) is 5.91 Å². The quantitative estimate of drug-likeness (QED) is 0.564. The summed E-state index contributed by atoms with van der Waals surface area (Å²) in [6.45, 7) is 6.80. The lowest BCUT2D eigenvalue weighted by Gasteiger charge is -2.13. The maximum atomic E-state index is 12.6. The number of carbonyl (C=O) groups excluding carboxylic acids is 1. The molecule has 0 aliphatic heterocycles. The third-order valence-corrected chi connectivity index (χ3v) is 4.30. The first kappa shape index (κ1) is 19.4. The van der Waals surface area contributed by atoms with Crippen LogP contribution in [-0.2, 0) is 0 Å². The van der Waals surface area contributed by atoms with Crippen molar-refractivity contribution in [2.75, 3.05) is 17.2 Å². The van der Waals surface area contributed by atoms with E-state index in [2.05, 4.69) is 29.5 Å². The molecular weight excluding hydrogens is 350 g/mol. The third kappa shape index (κ3) is 4.88. The number of hydrogen-bond donors (Lipinski definition) is 2. The van der Waals surface area contributed by atoms with E-state index >= 15 is 0 Å². The van der Waals surface area contributed by atoms with Crippen LogP contribution < -0.4 is 15.4 Å². The molecule has 0 bridgehead atoms. The number of benzene rings is 2. The van der Waals surface area contributed by atoms with Crippen molar-refractivity contribution in [1.82, 2.24) is 4.98 Å². The molecule has 5 heteroatoms. The largest absolute Gasteiger partial charge is 0.492 e. The van der Waals surface area contributed by atoms with Gasteiger partial charge in [-0.2, -0.15) is 0 Å².